The van der Waals surface area contributed by atoms with Crippen LogP contribution in [-0.4, -0.2) is 22.2 Å². The second-order valence-electron chi connectivity index (χ2n) is 7.50. The standard InChI is InChI=1S/C22H22ClNO4/c1-14-19(20(25)28-22(2,3)4)17-12-16(23)10-11-18(17)24(14)21(26)27-13-15-8-6-5-7-9-15/h5-12H,13H2,1-4H3. The maximum atomic E-state index is 12.8. The molecule has 0 radical (unpaired) electrons. The molecule has 0 fully saturated rings. The number of ether oxygens (including phenoxy) is 2. The van der Waals surface area contributed by atoms with Gasteiger partial charge in [-0.3, -0.25) is 0 Å². The van der Waals surface area contributed by atoms with Crippen LogP contribution in [-0.2, 0) is 16.1 Å². The molecule has 0 saturated carbocycles. The molecule has 0 amide bonds. The van der Waals surface area contributed by atoms with Crippen LogP contribution in [0.4, 0.5) is 4.79 Å². The van der Waals surface area contributed by atoms with Crippen molar-refractivity contribution in [2.45, 2.75) is 39.9 Å². The fraction of sp³-hybridized carbons (Fsp3) is 0.273. The van der Waals surface area contributed by atoms with E-state index in [4.69, 9.17) is 21.1 Å². The Morgan fingerprint density at radius 3 is 2.39 bits per heavy atom. The molecule has 0 aliphatic rings. The Morgan fingerprint density at radius 1 is 1.07 bits per heavy atom. The van der Waals surface area contributed by atoms with Gasteiger partial charge >= 0.3 is 12.1 Å². The summed E-state index contributed by atoms with van der Waals surface area (Å²) in [6.45, 7) is 7.20. The zero-order valence-electron chi connectivity index (χ0n) is 16.3. The molecule has 3 rings (SSSR count). The number of fused-ring (bicyclic) bond motifs is 1. The van der Waals surface area contributed by atoms with Crippen LogP contribution >= 0.6 is 11.6 Å². The SMILES string of the molecule is Cc1c(C(=O)OC(C)(C)C)c2cc(Cl)ccc2n1C(=O)OCc1ccccc1. The average molecular weight is 400 g/mol. The number of hydrogen-bond acceptors (Lipinski definition) is 4. The Bertz CT molecular complexity index is 1030. The Morgan fingerprint density at radius 2 is 1.75 bits per heavy atom. The number of hydrogen-bond donors (Lipinski definition) is 0. The molecule has 5 nitrogen and oxygen atoms in total. The Kier molecular flexibility index (Phi) is 5.47. The average Bonchev–Trinajstić information content (AvgIpc) is 2.90. The Balaban J connectivity index is 2.01. The van der Waals surface area contributed by atoms with Gasteiger partial charge in [0.15, 0.2) is 0 Å². The van der Waals surface area contributed by atoms with E-state index in [0.717, 1.165) is 5.56 Å². The predicted octanol–water partition coefficient (Wildman–Crippen LogP) is 5.74. The normalized spacial score (nSPS) is 11.5. The molecule has 0 unspecified atom stereocenters. The van der Waals surface area contributed by atoms with E-state index in [1.54, 1.807) is 45.9 Å². The first-order valence-corrected chi connectivity index (χ1v) is 9.30. The lowest BCUT2D eigenvalue weighted by Crippen LogP contribution is -2.24. The highest BCUT2D eigenvalue weighted by atomic mass is 35.5. The second-order valence-corrected chi connectivity index (χ2v) is 7.94. The van der Waals surface area contributed by atoms with Gasteiger partial charge in [-0.25, -0.2) is 14.2 Å². The number of carbonyl (C=O) groups is 2. The van der Waals surface area contributed by atoms with Gasteiger partial charge in [0.2, 0.25) is 0 Å². The van der Waals surface area contributed by atoms with Crippen molar-refractivity contribution in [3.05, 3.63) is 70.4 Å². The monoisotopic (exact) mass is 399 g/mol. The van der Waals surface area contributed by atoms with Crippen molar-refractivity contribution in [3.63, 3.8) is 0 Å². The molecule has 3 aromatic rings. The third-order valence-electron chi connectivity index (χ3n) is 4.16. The van der Waals surface area contributed by atoms with Gasteiger partial charge < -0.3 is 9.47 Å². The van der Waals surface area contributed by atoms with Gasteiger partial charge in [0.1, 0.15) is 12.2 Å². The molecular formula is C22H22ClNO4. The highest BCUT2D eigenvalue weighted by Gasteiger charge is 2.27. The molecule has 146 valence electrons. The third kappa shape index (κ3) is 4.20. The first-order valence-electron chi connectivity index (χ1n) is 8.92. The second kappa shape index (κ2) is 7.68. The molecule has 28 heavy (non-hydrogen) atoms. The fourth-order valence-corrected chi connectivity index (χ4v) is 3.17. The van der Waals surface area contributed by atoms with E-state index < -0.39 is 17.7 Å². The van der Waals surface area contributed by atoms with Gasteiger partial charge in [0.25, 0.3) is 0 Å². The predicted molar refractivity (Wildman–Crippen MR) is 109 cm³/mol. The Hall–Kier alpha value is -2.79. The number of rotatable bonds is 3. The maximum Gasteiger partial charge on any atom is 0.419 e. The van der Waals surface area contributed by atoms with Crippen LogP contribution in [0.5, 0.6) is 0 Å². The van der Waals surface area contributed by atoms with Crippen molar-refractivity contribution in [2.24, 2.45) is 0 Å². The van der Waals surface area contributed by atoms with Crippen molar-refractivity contribution in [1.29, 1.82) is 0 Å². The lowest BCUT2D eigenvalue weighted by atomic mass is 10.1. The molecule has 0 N–H and O–H groups in total. The molecule has 0 aliphatic heterocycles. The van der Waals surface area contributed by atoms with E-state index in [9.17, 15) is 9.59 Å². The minimum atomic E-state index is -0.662. The molecule has 1 heterocycles. The van der Waals surface area contributed by atoms with E-state index in [-0.39, 0.29) is 6.61 Å². The first kappa shape index (κ1) is 20.0. The lowest BCUT2D eigenvalue weighted by Gasteiger charge is -2.19. The van der Waals surface area contributed by atoms with E-state index in [2.05, 4.69) is 0 Å². The van der Waals surface area contributed by atoms with Crippen molar-refractivity contribution in [1.82, 2.24) is 4.57 Å². The van der Waals surface area contributed by atoms with Crippen molar-refractivity contribution in [2.75, 3.05) is 0 Å². The molecular weight excluding hydrogens is 378 g/mol. The summed E-state index contributed by atoms with van der Waals surface area (Å²) in [6, 6.07) is 14.4. The lowest BCUT2D eigenvalue weighted by molar-refractivity contribution is 0.00710. The highest BCUT2D eigenvalue weighted by molar-refractivity contribution is 6.31. The van der Waals surface area contributed by atoms with Crippen LogP contribution in [0.3, 0.4) is 0 Å². The minimum absolute atomic E-state index is 0.133. The van der Waals surface area contributed by atoms with E-state index in [1.165, 1.54) is 4.57 Å². The number of aromatic nitrogens is 1. The number of halogens is 1. The summed E-state index contributed by atoms with van der Waals surface area (Å²) < 4.78 is 12.4. The van der Waals surface area contributed by atoms with Crippen LogP contribution in [0.2, 0.25) is 5.02 Å². The highest BCUT2D eigenvalue weighted by Crippen LogP contribution is 2.30. The van der Waals surface area contributed by atoms with Crippen LogP contribution in [0, 0.1) is 6.92 Å². The molecule has 6 heteroatoms. The van der Waals surface area contributed by atoms with Gasteiger partial charge in [-0.1, -0.05) is 41.9 Å². The van der Waals surface area contributed by atoms with Crippen LogP contribution < -0.4 is 0 Å². The first-order chi connectivity index (χ1) is 13.2. The van der Waals surface area contributed by atoms with Gasteiger partial charge in [0, 0.05) is 16.1 Å². The molecule has 0 spiro atoms. The van der Waals surface area contributed by atoms with Crippen molar-refractivity contribution >= 4 is 34.6 Å². The largest absolute Gasteiger partial charge is 0.456 e. The summed E-state index contributed by atoms with van der Waals surface area (Å²) in [7, 11) is 0. The number of carbonyl (C=O) groups excluding carboxylic acids is 2. The molecule has 0 atom stereocenters. The van der Waals surface area contributed by atoms with E-state index in [1.807, 2.05) is 30.3 Å². The topological polar surface area (TPSA) is 57.5 Å². The van der Waals surface area contributed by atoms with Gasteiger partial charge in [-0.05, 0) is 51.5 Å². The summed E-state index contributed by atoms with van der Waals surface area (Å²) in [6.07, 6.45) is -0.566. The quantitative estimate of drug-likeness (QED) is 0.526. The summed E-state index contributed by atoms with van der Waals surface area (Å²) in [5, 5.41) is 1.02. The van der Waals surface area contributed by atoms with E-state index >= 15 is 0 Å². The molecule has 0 aliphatic carbocycles. The summed E-state index contributed by atoms with van der Waals surface area (Å²) in [5.41, 5.74) is 1.51. The number of nitrogens with zero attached hydrogens (tertiary/aromatic N) is 1. The smallest absolute Gasteiger partial charge is 0.419 e. The maximum absolute atomic E-state index is 12.8. The van der Waals surface area contributed by atoms with Crippen LogP contribution in [0.25, 0.3) is 10.9 Å². The molecule has 0 saturated heterocycles. The molecule has 0 bridgehead atoms. The number of benzene rings is 2. The van der Waals surface area contributed by atoms with Crippen molar-refractivity contribution in [3.8, 4) is 0 Å². The van der Waals surface area contributed by atoms with Crippen LogP contribution in [0.1, 0.15) is 42.4 Å². The molecule has 2 aromatic carbocycles. The van der Waals surface area contributed by atoms with Crippen LogP contribution in [0.15, 0.2) is 48.5 Å². The minimum Gasteiger partial charge on any atom is -0.456 e. The summed E-state index contributed by atoms with van der Waals surface area (Å²) in [4.78, 5) is 25.6. The molecule has 1 aromatic heterocycles. The third-order valence-corrected chi connectivity index (χ3v) is 4.39. The van der Waals surface area contributed by atoms with Crippen molar-refractivity contribution < 1.29 is 19.1 Å². The van der Waals surface area contributed by atoms with E-state index in [0.29, 0.717) is 27.2 Å². The van der Waals surface area contributed by atoms with Gasteiger partial charge in [-0.15, -0.1) is 0 Å². The number of esters is 1. The zero-order valence-corrected chi connectivity index (χ0v) is 17.0. The Labute approximate surface area is 168 Å². The van der Waals surface area contributed by atoms with Gasteiger partial charge in [-0.2, -0.15) is 0 Å². The summed E-state index contributed by atoms with van der Waals surface area (Å²) in [5.74, 6) is -0.508. The zero-order chi connectivity index (χ0) is 20.5. The van der Waals surface area contributed by atoms with Gasteiger partial charge in [0.05, 0.1) is 11.1 Å². The summed E-state index contributed by atoms with van der Waals surface area (Å²) >= 11 is 6.13. The fourth-order valence-electron chi connectivity index (χ4n) is 3.00.